The van der Waals surface area contributed by atoms with Gasteiger partial charge >= 0.3 is 5.97 Å². The van der Waals surface area contributed by atoms with E-state index in [0.717, 1.165) is 38.8 Å². The Morgan fingerprint density at radius 3 is 2.24 bits per heavy atom. The molecule has 0 saturated carbocycles. The van der Waals surface area contributed by atoms with Crippen LogP contribution in [0.15, 0.2) is 24.3 Å². The first-order valence-electron chi connectivity index (χ1n) is 8.08. The van der Waals surface area contributed by atoms with Crippen LogP contribution in [-0.2, 0) is 11.2 Å². The molecule has 1 atom stereocenters. The number of carbonyl (C=O) groups is 1. The normalized spacial score (nSPS) is 20.1. The van der Waals surface area contributed by atoms with Gasteiger partial charge in [0, 0.05) is 6.04 Å². The van der Waals surface area contributed by atoms with Gasteiger partial charge in [0.25, 0.3) is 0 Å². The van der Waals surface area contributed by atoms with Gasteiger partial charge in [0.1, 0.15) is 0 Å². The van der Waals surface area contributed by atoms with Crippen molar-refractivity contribution in [3.63, 3.8) is 0 Å². The summed E-state index contributed by atoms with van der Waals surface area (Å²) in [5, 5.41) is 9.47. The van der Waals surface area contributed by atoms with Gasteiger partial charge in [-0.15, -0.1) is 0 Å². The number of aliphatic carboxylic acids is 1. The van der Waals surface area contributed by atoms with Crippen LogP contribution in [0, 0.1) is 5.41 Å². The number of carboxylic acid groups (broad SMARTS) is 1. The van der Waals surface area contributed by atoms with Crippen molar-refractivity contribution in [2.75, 3.05) is 13.1 Å². The number of hydrogen-bond acceptors (Lipinski definition) is 2. The van der Waals surface area contributed by atoms with Crippen LogP contribution in [0.3, 0.4) is 0 Å². The molecule has 1 heterocycles. The molecule has 1 aromatic carbocycles. The molecule has 3 heteroatoms. The molecule has 2 rings (SSSR count). The van der Waals surface area contributed by atoms with Crippen molar-refractivity contribution in [1.82, 2.24) is 4.90 Å². The minimum atomic E-state index is -0.621. The number of hydrogen-bond donors (Lipinski definition) is 1. The van der Waals surface area contributed by atoms with Crippen molar-refractivity contribution < 1.29 is 9.90 Å². The van der Waals surface area contributed by atoms with E-state index in [0.29, 0.717) is 6.04 Å². The number of carboxylic acids is 1. The van der Waals surface area contributed by atoms with E-state index >= 15 is 0 Å². The zero-order valence-corrected chi connectivity index (χ0v) is 13.4. The molecule has 0 bridgehead atoms. The van der Waals surface area contributed by atoms with Crippen molar-refractivity contribution in [3.8, 4) is 0 Å². The van der Waals surface area contributed by atoms with Crippen LogP contribution >= 0.6 is 0 Å². The van der Waals surface area contributed by atoms with E-state index in [-0.39, 0.29) is 0 Å². The van der Waals surface area contributed by atoms with Gasteiger partial charge in [0.2, 0.25) is 0 Å². The molecule has 21 heavy (non-hydrogen) atoms. The molecule has 1 aliphatic heterocycles. The van der Waals surface area contributed by atoms with Gasteiger partial charge in [-0.2, -0.15) is 0 Å². The summed E-state index contributed by atoms with van der Waals surface area (Å²) in [5.41, 5.74) is 2.19. The van der Waals surface area contributed by atoms with Gasteiger partial charge in [-0.3, -0.25) is 9.69 Å². The zero-order chi connectivity index (χ0) is 15.5. The summed E-state index contributed by atoms with van der Waals surface area (Å²) in [4.78, 5) is 13.9. The third-order valence-electron chi connectivity index (χ3n) is 5.30. The fourth-order valence-electron chi connectivity index (χ4n) is 3.30. The van der Waals surface area contributed by atoms with Gasteiger partial charge < -0.3 is 5.11 Å². The molecule has 0 aromatic heterocycles. The van der Waals surface area contributed by atoms with Crippen LogP contribution < -0.4 is 0 Å². The Bertz CT molecular complexity index is 472. The molecule has 1 fully saturated rings. The number of aryl methyl sites for hydroxylation is 1. The van der Waals surface area contributed by atoms with Crippen LogP contribution in [-0.4, -0.2) is 29.1 Å². The quantitative estimate of drug-likeness (QED) is 0.894. The lowest BCUT2D eigenvalue weighted by molar-refractivity contribution is -0.152. The monoisotopic (exact) mass is 289 g/mol. The highest BCUT2D eigenvalue weighted by Crippen LogP contribution is 2.37. The SMILES string of the molecule is CCc1ccc(C(C)N2CCC(CC)(C(=O)O)CC2)cc1. The Morgan fingerprint density at radius 1 is 1.24 bits per heavy atom. The molecule has 116 valence electrons. The largest absolute Gasteiger partial charge is 0.481 e. The van der Waals surface area contributed by atoms with Gasteiger partial charge in [0.15, 0.2) is 0 Å². The highest BCUT2D eigenvalue weighted by molar-refractivity contribution is 5.74. The molecular weight excluding hydrogens is 262 g/mol. The number of likely N-dealkylation sites (tertiary alicyclic amines) is 1. The second-order valence-electron chi connectivity index (χ2n) is 6.25. The summed E-state index contributed by atoms with van der Waals surface area (Å²) in [6.45, 7) is 8.13. The van der Waals surface area contributed by atoms with E-state index in [9.17, 15) is 9.90 Å². The highest BCUT2D eigenvalue weighted by Gasteiger charge is 2.40. The summed E-state index contributed by atoms with van der Waals surface area (Å²) in [5.74, 6) is -0.621. The lowest BCUT2D eigenvalue weighted by atomic mass is 9.76. The Morgan fingerprint density at radius 2 is 1.81 bits per heavy atom. The molecule has 0 radical (unpaired) electrons. The smallest absolute Gasteiger partial charge is 0.309 e. The van der Waals surface area contributed by atoms with Crippen molar-refractivity contribution in [1.29, 1.82) is 0 Å². The van der Waals surface area contributed by atoms with Crippen molar-refractivity contribution >= 4 is 5.97 Å². The number of piperidine rings is 1. The first-order chi connectivity index (χ1) is 10.0. The van der Waals surface area contributed by atoms with Crippen LogP contribution in [0.25, 0.3) is 0 Å². The average Bonchev–Trinajstić information content (AvgIpc) is 2.54. The van der Waals surface area contributed by atoms with Gasteiger partial charge in [-0.05, 0) is 56.8 Å². The van der Waals surface area contributed by atoms with Crippen molar-refractivity contribution in [2.24, 2.45) is 5.41 Å². The predicted octanol–water partition coefficient (Wildman–Crippen LogP) is 3.89. The van der Waals surface area contributed by atoms with E-state index in [1.54, 1.807) is 0 Å². The highest BCUT2D eigenvalue weighted by atomic mass is 16.4. The van der Waals surface area contributed by atoms with Gasteiger partial charge in [0.05, 0.1) is 5.41 Å². The first-order valence-corrected chi connectivity index (χ1v) is 8.08. The van der Waals surface area contributed by atoms with E-state index in [4.69, 9.17) is 0 Å². The topological polar surface area (TPSA) is 40.5 Å². The van der Waals surface area contributed by atoms with Crippen LogP contribution in [0.2, 0.25) is 0 Å². The standard InChI is InChI=1S/C18H27NO2/c1-4-15-6-8-16(9-7-15)14(3)19-12-10-18(5-2,11-13-19)17(20)21/h6-9,14H,4-5,10-13H2,1-3H3,(H,20,21). The number of rotatable bonds is 5. The maximum Gasteiger partial charge on any atom is 0.309 e. The molecule has 1 saturated heterocycles. The summed E-state index contributed by atoms with van der Waals surface area (Å²) in [7, 11) is 0. The molecule has 3 nitrogen and oxygen atoms in total. The van der Waals surface area contributed by atoms with Crippen LogP contribution in [0.5, 0.6) is 0 Å². The Balaban J connectivity index is 2.02. The van der Waals surface area contributed by atoms with Crippen molar-refractivity contribution in [3.05, 3.63) is 35.4 Å². The van der Waals surface area contributed by atoms with Gasteiger partial charge in [-0.25, -0.2) is 0 Å². The molecule has 0 amide bonds. The molecule has 0 aliphatic carbocycles. The average molecular weight is 289 g/mol. The third-order valence-corrected chi connectivity index (χ3v) is 5.30. The molecule has 0 spiro atoms. The number of benzene rings is 1. The fraction of sp³-hybridized carbons (Fsp3) is 0.611. The van der Waals surface area contributed by atoms with Gasteiger partial charge in [-0.1, -0.05) is 38.1 Å². The minimum Gasteiger partial charge on any atom is -0.481 e. The first kappa shape index (κ1) is 16.0. The lowest BCUT2D eigenvalue weighted by Crippen LogP contribution is -2.44. The Hall–Kier alpha value is -1.35. The number of nitrogens with zero attached hydrogens (tertiary/aromatic N) is 1. The fourth-order valence-corrected chi connectivity index (χ4v) is 3.30. The van der Waals surface area contributed by atoms with E-state index < -0.39 is 11.4 Å². The van der Waals surface area contributed by atoms with E-state index in [1.165, 1.54) is 11.1 Å². The molecule has 1 N–H and O–H groups in total. The summed E-state index contributed by atoms with van der Waals surface area (Å²) >= 11 is 0. The lowest BCUT2D eigenvalue weighted by Gasteiger charge is -2.41. The summed E-state index contributed by atoms with van der Waals surface area (Å²) < 4.78 is 0. The second-order valence-corrected chi connectivity index (χ2v) is 6.25. The zero-order valence-electron chi connectivity index (χ0n) is 13.4. The third kappa shape index (κ3) is 3.29. The Kier molecular flexibility index (Phi) is 5.04. The predicted molar refractivity (Wildman–Crippen MR) is 85.4 cm³/mol. The molecule has 1 aliphatic rings. The maximum absolute atomic E-state index is 11.5. The van der Waals surface area contributed by atoms with Crippen LogP contribution in [0.4, 0.5) is 0 Å². The summed E-state index contributed by atoms with van der Waals surface area (Å²) in [6.07, 6.45) is 3.32. The summed E-state index contributed by atoms with van der Waals surface area (Å²) in [6, 6.07) is 9.18. The maximum atomic E-state index is 11.5. The second kappa shape index (κ2) is 6.61. The minimum absolute atomic E-state index is 0.361. The molecule has 1 unspecified atom stereocenters. The van der Waals surface area contributed by atoms with E-state index in [1.807, 2.05) is 6.92 Å². The Labute approximate surface area is 128 Å². The van der Waals surface area contributed by atoms with Crippen LogP contribution in [0.1, 0.15) is 57.2 Å². The molecular formula is C18H27NO2. The van der Waals surface area contributed by atoms with E-state index in [2.05, 4.69) is 43.0 Å². The molecule has 1 aromatic rings. The van der Waals surface area contributed by atoms with Crippen molar-refractivity contribution in [2.45, 2.75) is 52.5 Å².